The first kappa shape index (κ1) is 14.8. The molecule has 0 aliphatic rings. The van der Waals surface area contributed by atoms with Crippen molar-refractivity contribution in [1.82, 2.24) is 10.3 Å². The van der Waals surface area contributed by atoms with Crippen molar-refractivity contribution in [2.24, 2.45) is 0 Å². The highest BCUT2D eigenvalue weighted by molar-refractivity contribution is 5.88. The second-order valence-electron chi connectivity index (χ2n) is 4.31. The number of carbonyl (C=O) groups excluding carboxylic acids is 1. The van der Waals surface area contributed by atoms with E-state index in [4.69, 9.17) is 4.74 Å². The minimum atomic E-state index is -0.851. The number of hydrogen-bond acceptors (Lipinski definition) is 4. The van der Waals surface area contributed by atoms with Crippen molar-refractivity contribution in [3.05, 3.63) is 54.2 Å². The highest BCUT2D eigenvalue weighted by Crippen LogP contribution is 2.23. The second-order valence-corrected chi connectivity index (χ2v) is 4.31. The number of amides is 2. The first-order valence-corrected chi connectivity index (χ1v) is 6.47. The standard InChI is InChI=1S/C15H17N3O3/c1-21-13-7-3-2-6-11(13)12(19)10-17-15(20)18-14-8-4-5-9-16-14/h2-9,12,19H,10H2,1H3,(H2,16,17,18,20)/t12-/m0/s1. The van der Waals surface area contributed by atoms with Crippen molar-refractivity contribution in [1.29, 1.82) is 0 Å². The number of rotatable bonds is 5. The predicted octanol–water partition coefficient (Wildman–Crippen LogP) is 1.95. The molecule has 1 atom stereocenters. The third-order valence-electron chi connectivity index (χ3n) is 2.86. The number of anilines is 1. The van der Waals surface area contributed by atoms with E-state index in [1.807, 2.05) is 6.07 Å². The summed E-state index contributed by atoms with van der Waals surface area (Å²) < 4.78 is 5.17. The van der Waals surface area contributed by atoms with E-state index in [0.717, 1.165) is 0 Å². The highest BCUT2D eigenvalue weighted by Gasteiger charge is 2.13. The normalized spacial score (nSPS) is 11.5. The summed E-state index contributed by atoms with van der Waals surface area (Å²) in [5.74, 6) is 1.03. The number of methoxy groups -OCH3 is 1. The zero-order valence-corrected chi connectivity index (χ0v) is 11.6. The lowest BCUT2D eigenvalue weighted by Gasteiger charge is -2.15. The fourth-order valence-electron chi connectivity index (χ4n) is 1.84. The van der Waals surface area contributed by atoms with E-state index in [2.05, 4.69) is 15.6 Å². The van der Waals surface area contributed by atoms with Gasteiger partial charge in [0.15, 0.2) is 0 Å². The molecule has 6 nitrogen and oxygen atoms in total. The van der Waals surface area contributed by atoms with E-state index in [1.54, 1.807) is 42.6 Å². The monoisotopic (exact) mass is 287 g/mol. The van der Waals surface area contributed by atoms with Crippen LogP contribution in [0.4, 0.5) is 10.6 Å². The van der Waals surface area contributed by atoms with Crippen molar-refractivity contribution >= 4 is 11.8 Å². The molecule has 21 heavy (non-hydrogen) atoms. The summed E-state index contributed by atoms with van der Waals surface area (Å²) in [7, 11) is 1.53. The molecule has 2 rings (SSSR count). The van der Waals surface area contributed by atoms with Crippen LogP contribution < -0.4 is 15.4 Å². The number of pyridine rings is 1. The van der Waals surface area contributed by atoms with Gasteiger partial charge in [0.25, 0.3) is 0 Å². The number of aliphatic hydroxyl groups is 1. The van der Waals surface area contributed by atoms with E-state index in [9.17, 15) is 9.90 Å². The summed E-state index contributed by atoms with van der Waals surface area (Å²) in [6, 6.07) is 11.9. The van der Waals surface area contributed by atoms with Crippen LogP contribution >= 0.6 is 0 Å². The van der Waals surface area contributed by atoms with Crippen LogP contribution in [-0.4, -0.2) is 29.8 Å². The lowest BCUT2D eigenvalue weighted by Crippen LogP contribution is -2.32. The molecule has 1 heterocycles. The van der Waals surface area contributed by atoms with Crippen molar-refractivity contribution in [2.75, 3.05) is 19.0 Å². The Labute approximate surface area is 122 Å². The molecule has 0 aliphatic carbocycles. The molecule has 0 spiro atoms. The average Bonchev–Trinajstić information content (AvgIpc) is 2.53. The van der Waals surface area contributed by atoms with E-state index in [-0.39, 0.29) is 6.54 Å². The average molecular weight is 287 g/mol. The van der Waals surface area contributed by atoms with Crippen molar-refractivity contribution in [3.8, 4) is 5.75 Å². The SMILES string of the molecule is COc1ccccc1[C@@H](O)CNC(=O)Nc1ccccn1. The van der Waals surface area contributed by atoms with Gasteiger partial charge in [-0.25, -0.2) is 9.78 Å². The molecule has 6 heteroatoms. The largest absolute Gasteiger partial charge is 0.496 e. The quantitative estimate of drug-likeness (QED) is 0.785. The predicted molar refractivity (Wildman–Crippen MR) is 79.2 cm³/mol. The van der Waals surface area contributed by atoms with Gasteiger partial charge in [0.2, 0.25) is 0 Å². The fraction of sp³-hybridized carbons (Fsp3) is 0.200. The smallest absolute Gasteiger partial charge is 0.320 e. The number of aliphatic hydroxyl groups excluding tert-OH is 1. The maximum atomic E-state index is 11.7. The molecule has 0 aliphatic heterocycles. The van der Waals surface area contributed by atoms with Gasteiger partial charge in [0.05, 0.1) is 13.2 Å². The van der Waals surface area contributed by atoms with Crippen molar-refractivity contribution < 1.29 is 14.6 Å². The van der Waals surface area contributed by atoms with Gasteiger partial charge >= 0.3 is 6.03 Å². The number of benzene rings is 1. The Balaban J connectivity index is 1.89. The molecule has 1 aromatic carbocycles. The zero-order valence-electron chi connectivity index (χ0n) is 11.6. The van der Waals surface area contributed by atoms with Gasteiger partial charge in [-0.05, 0) is 18.2 Å². The Morgan fingerprint density at radius 3 is 2.76 bits per heavy atom. The number of nitrogens with zero attached hydrogens (tertiary/aromatic N) is 1. The van der Waals surface area contributed by atoms with Gasteiger partial charge in [-0.3, -0.25) is 5.32 Å². The van der Waals surface area contributed by atoms with E-state index in [1.165, 1.54) is 7.11 Å². The fourth-order valence-corrected chi connectivity index (χ4v) is 1.84. The Hall–Kier alpha value is -2.60. The lowest BCUT2D eigenvalue weighted by atomic mass is 10.1. The summed E-state index contributed by atoms with van der Waals surface area (Å²) in [6.45, 7) is 0.0685. The highest BCUT2D eigenvalue weighted by atomic mass is 16.5. The topological polar surface area (TPSA) is 83.5 Å². The number of nitrogens with one attached hydrogen (secondary N) is 2. The molecule has 3 N–H and O–H groups in total. The van der Waals surface area contributed by atoms with Gasteiger partial charge in [-0.1, -0.05) is 24.3 Å². The third-order valence-corrected chi connectivity index (χ3v) is 2.86. The van der Waals surface area contributed by atoms with Crippen LogP contribution in [0.3, 0.4) is 0 Å². The Morgan fingerprint density at radius 1 is 1.29 bits per heavy atom. The van der Waals surface area contributed by atoms with E-state index in [0.29, 0.717) is 17.1 Å². The van der Waals surface area contributed by atoms with Gasteiger partial charge in [-0.2, -0.15) is 0 Å². The number of carbonyl (C=O) groups is 1. The zero-order chi connectivity index (χ0) is 15.1. The van der Waals surface area contributed by atoms with Gasteiger partial charge in [0, 0.05) is 18.3 Å². The maximum Gasteiger partial charge on any atom is 0.320 e. The summed E-state index contributed by atoms with van der Waals surface area (Å²) in [4.78, 5) is 15.7. The maximum absolute atomic E-state index is 11.7. The summed E-state index contributed by atoms with van der Waals surface area (Å²) in [6.07, 6.45) is 0.731. The van der Waals surface area contributed by atoms with Crippen LogP contribution in [0.2, 0.25) is 0 Å². The van der Waals surface area contributed by atoms with Gasteiger partial charge < -0.3 is 15.2 Å². The van der Waals surface area contributed by atoms with Crippen LogP contribution in [0, 0.1) is 0 Å². The number of para-hydroxylation sites is 1. The van der Waals surface area contributed by atoms with E-state index >= 15 is 0 Å². The third kappa shape index (κ3) is 4.19. The minimum Gasteiger partial charge on any atom is -0.496 e. The van der Waals surface area contributed by atoms with Crippen LogP contribution in [0.5, 0.6) is 5.75 Å². The number of ether oxygens (including phenoxy) is 1. The molecular formula is C15H17N3O3. The molecule has 0 fully saturated rings. The molecule has 0 saturated carbocycles. The summed E-state index contributed by atoms with van der Waals surface area (Å²) in [5, 5.41) is 15.3. The summed E-state index contributed by atoms with van der Waals surface area (Å²) in [5.41, 5.74) is 0.623. The molecule has 0 bridgehead atoms. The molecular weight excluding hydrogens is 270 g/mol. The molecule has 0 radical (unpaired) electrons. The van der Waals surface area contributed by atoms with Crippen LogP contribution in [0.1, 0.15) is 11.7 Å². The minimum absolute atomic E-state index is 0.0685. The first-order valence-electron chi connectivity index (χ1n) is 6.47. The number of urea groups is 1. The number of aromatic nitrogens is 1. The molecule has 2 aromatic rings. The van der Waals surface area contributed by atoms with Crippen molar-refractivity contribution in [2.45, 2.75) is 6.10 Å². The van der Waals surface area contributed by atoms with Gasteiger partial charge in [0.1, 0.15) is 11.6 Å². The Bertz CT molecular complexity index is 590. The van der Waals surface area contributed by atoms with E-state index < -0.39 is 12.1 Å². The molecule has 1 aromatic heterocycles. The lowest BCUT2D eigenvalue weighted by molar-refractivity contribution is 0.171. The number of hydrogen-bond donors (Lipinski definition) is 3. The van der Waals surface area contributed by atoms with Gasteiger partial charge in [-0.15, -0.1) is 0 Å². The molecule has 110 valence electrons. The van der Waals surface area contributed by atoms with Crippen LogP contribution in [0.25, 0.3) is 0 Å². The Morgan fingerprint density at radius 2 is 2.05 bits per heavy atom. The Kier molecular flexibility index (Phi) is 5.11. The molecule has 0 saturated heterocycles. The van der Waals surface area contributed by atoms with Crippen LogP contribution in [-0.2, 0) is 0 Å². The second kappa shape index (κ2) is 7.25. The summed E-state index contributed by atoms with van der Waals surface area (Å²) >= 11 is 0. The first-order chi connectivity index (χ1) is 10.2. The molecule has 2 amide bonds. The van der Waals surface area contributed by atoms with Crippen LogP contribution in [0.15, 0.2) is 48.7 Å². The molecule has 0 unspecified atom stereocenters. The van der Waals surface area contributed by atoms with Crippen molar-refractivity contribution in [3.63, 3.8) is 0 Å².